The quantitative estimate of drug-likeness (QED) is 0.336. The van der Waals surface area contributed by atoms with Gasteiger partial charge in [-0.15, -0.1) is 0 Å². The third-order valence-corrected chi connectivity index (χ3v) is 7.98. The molecule has 4 aromatic rings. The van der Waals surface area contributed by atoms with Crippen LogP contribution in [-0.4, -0.2) is 28.9 Å². The number of likely N-dealkylation sites (tertiary alicyclic amines) is 1. The number of rotatable bonds is 4. The Balaban J connectivity index is 1.26. The largest absolute Gasteiger partial charge is 0.297 e. The fourth-order valence-electron chi connectivity index (χ4n) is 5.79. The normalized spacial score (nSPS) is 16.9. The van der Waals surface area contributed by atoms with Crippen molar-refractivity contribution in [1.29, 1.82) is 0 Å². The first kappa shape index (κ1) is 22.7. The maximum absolute atomic E-state index is 14.1. The third kappa shape index (κ3) is 3.82. The van der Waals surface area contributed by atoms with E-state index in [9.17, 15) is 4.79 Å². The maximum atomic E-state index is 14.1. The number of fused-ring (bicyclic) bond motifs is 2. The predicted molar refractivity (Wildman–Crippen MR) is 145 cm³/mol. The standard InChI is InChI=1S/C32H31N3O/c1-23-9-11-25(12-10-23)26-13-15-27(16-14-26)35-30-8-4-3-7-28(30)32(31(35)36)17-20-34(21-18-32)22-29-24(2)6-5-19-33-29/h3-16,19H,17-18,20-22H2,1-2H3. The molecule has 0 unspecified atom stereocenters. The SMILES string of the molecule is Cc1ccc(-c2ccc(N3C(=O)C4(CCN(Cc5ncccc5C)CC4)c4ccccc43)cc2)cc1. The number of carbonyl (C=O) groups is 1. The van der Waals surface area contributed by atoms with Crippen molar-refractivity contribution < 1.29 is 4.79 Å². The Hall–Kier alpha value is -3.76. The highest BCUT2D eigenvalue weighted by Crippen LogP contribution is 2.50. The van der Waals surface area contributed by atoms with Crippen LogP contribution in [0.4, 0.5) is 11.4 Å². The fourth-order valence-corrected chi connectivity index (χ4v) is 5.79. The van der Waals surface area contributed by atoms with E-state index in [1.807, 2.05) is 23.2 Å². The smallest absolute Gasteiger partial charge is 0.242 e. The van der Waals surface area contributed by atoms with Crippen LogP contribution in [0.25, 0.3) is 11.1 Å². The van der Waals surface area contributed by atoms with E-state index in [4.69, 9.17) is 0 Å². The summed E-state index contributed by atoms with van der Waals surface area (Å²) in [6.45, 7) is 6.82. The molecular formula is C32H31N3O. The summed E-state index contributed by atoms with van der Waals surface area (Å²) >= 11 is 0. The predicted octanol–water partition coefficient (Wildman–Crippen LogP) is 6.58. The van der Waals surface area contributed by atoms with Gasteiger partial charge in [0.25, 0.3) is 0 Å². The lowest BCUT2D eigenvalue weighted by molar-refractivity contribution is -0.124. The number of piperidine rings is 1. The molecule has 0 saturated carbocycles. The number of hydrogen-bond acceptors (Lipinski definition) is 3. The fraction of sp³-hybridized carbons (Fsp3) is 0.250. The Bertz CT molecular complexity index is 1400. The topological polar surface area (TPSA) is 36.4 Å². The number of pyridine rings is 1. The Morgan fingerprint density at radius 1 is 0.806 bits per heavy atom. The van der Waals surface area contributed by atoms with Gasteiger partial charge in [-0.2, -0.15) is 0 Å². The molecule has 1 aromatic heterocycles. The summed E-state index contributed by atoms with van der Waals surface area (Å²) in [5.41, 5.74) is 8.63. The molecule has 6 rings (SSSR count). The molecule has 36 heavy (non-hydrogen) atoms. The first-order valence-corrected chi connectivity index (χ1v) is 12.8. The monoisotopic (exact) mass is 473 g/mol. The highest BCUT2D eigenvalue weighted by Gasteiger charge is 2.52. The minimum atomic E-state index is -0.456. The van der Waals surface area contributed by atoms with Crippen molar-refractivity contribution >= 4 is 17.3 Å². The Morgan fingerprint density at radius 2 is 1.47 bits per heavy atom. The number of anilines is 2. The second-order valence-electron chi connectivity index (χ2n) is 10.2. The lowest BCUT2D eigenvalue weighted by Crippen LogP contribution is -2.47. The molecule has 0 radical (unpaired) electrons. The number of para-hydroxylation sites is 1. The van der Waals surface area contributed by atoms with Gasteiger partial charge in [0.2, 0.25) is 5.91 Å². The van der Waals surface area contributed by atoms with Crippen LogP contribution in [0.5, 0.6) is 0 Å². The van der Waals surface area contributed by atoms with Crippen LogP contribution >= 0.6 is 0 Å². The molecule has 3 heterocycles. The molecule has 180 valence electrons. The highest BCUT2D eigenvalue weighted by atomic mass is 16.2. The van der Waals surface area contributed by atoms with Crippen molar-refractivity contribution in [1.82, 2.24) is 9.88 Å². The Labute approximate surface area is 213 Å². The van der Waals surface area contributed by atoms with E-state index >= 15 is 0 Å². The summed E-state index contributed by atoms with van der Waals surface area (Å²) in [5, 5.41) is 0. The van der Waals surface area contributed by atoms with Gasteiger partial charge in [-0.1, -0.05) is 66.2 Å². The Kier molecular flexibility index (Phi) is 5.69. The van der Waals surface area contributed by atoms with Crippen molar-refractivity contribution in [2.75, 3.05) is 18.0 Å². The van der Waals surface area contributed by atoms with Gasteiger partial charge in [-0.05, 0) is 86.3 Å². The van der Waals surface area contributed by atoms with Gasteiger partial charge in [0.1, 0.15) is 0 Å². The number of carbonyl (C=O) groups excluding carboxylic acids is 1. The minimum absolute atomic E-state index is 0.209. The minimum Gasteiger partial charge on any atom is -0.297 e. The average Bonchev–Trinajstić information content (AvgIpc) is 3.15. The van der Waals surface area contributed by atoms with Crippen LogP contribution < -0.4 is 4.90 Å². The molecule has 1 amide bonds. The summed E-state index contributed by atoms with van der Waals surface area (Å²) in [7, 11) is 0. The lowest BCUT2D eigenvalue weighted by Gasteiger charge is -2.38. The van der Waals surface area contributed by atoms with Crippen molar-refractivity contribution in [3.05, 3.63) is 114 Å². The summed E-state index contributed by atoms with van der Waals surface area (Å²) in [4.78, 5) is 23.1. The second kappa shape index (κ2) is 9.03. The van der Waals surface area contributed by atoms with E-state index in [2.05, 4.69) is 96.5 Å². The van der Waals surface area contributed by atoms with E-state index in [1.54, 1.807) is 0 Å². The highest BCUT2D eigenvalue weighted by molar-refractivity contribution is 6.13. The first-order valence-electron chi connectivity index (χ1n) is 12.8. The van der Waals surface area contributed by atoms with E-state index in [1.165, 1.54) is 22.3 Å². The molecule has 1 spiro atoms. The number of nitrogens with zero attached hydrogens (tertiary/aromatic N) is 3. The van der Waals surface area contributed by atoms with Gasteiger partial charge < -0.3 is 0 Å². The molecule has 0 aliphatic carbocycles. The van der Waals surface area contributed by atoms with Gasteiger partial charge in [0, 0.05) is 18.4 Å². The summed E-state index contributed by atoms with van der Waals surface area (Å²) in [6, 6.07) is 29.5. The summed E-state index contributed by atoms with van der Waals surface area (Å²) < 4.78 is 0. The first-order chi connectivity index (χ1) is 17.5. The van der Waals surface area contributed by atoms with E-state index in [0.717, 1.165) is 55.1 Å². The van der Waals surface area contributed by atoms with Crippen molar-refractivity contribution in [3.63, 3.8) is 0 Å². The van der Waals surface area contributed by atoms with Crippen molar-refractivity contribution in [3.8, 4) is 11.1 Å². The van der Waals surface area contributed by atoms with Crippen LogP contribution in [0.3, 0.4) is 0 Å². The van der Waals surface area contributed by atoms with Crippen LogP contribution in [0.1, 0.15) is 35.2 Å². The van der Waals surface area contributed by atoms with Gasteiger partial charge >= 0.3 is 0 Å². The van der Waals surface area contributed by atoms with E-state index < -0.39 is 5.41 Å². The summed E-state index contributed by atoms with van der Waals surface area (Å²) in [6.07, 6.45) is 3.52. The second-order valence-corrected chi connectivity index (χ2v) is 10.2. The molecule has 1 fully saturated rings. The van der Waals surface area contributed by atoms with E-state index in [0.29, 0.717) is 0 Å². The zero-order valence-corrected chi connectivity index (χ0v) is 20.9. The molecule has 0 N–H and O–H groups in total. The van der Waals surface area contributed by atoms with Crippen molar-refractivity contribution in [2.24, 2.45) is 0 Å². The maximum Gasteiger partial charge on any atom is 0.242 e. The average molecular weight is 474 g/mol. The molecular weight excluding hydrogens is 442 g/mol. The summed E-state index contributed by atoms with van der Waals surface area (Å²) in [5.74, 6) is 0.209. The third-order valence-electron chi connectivity index (χ3n) is 7.98. The molecule has 2 aliphatic heterocycles. The molecule has 2 aliphatic rings. The molecule has 0 bridgehead atoms. The van der Waals surface area contributed by atoms with E-state index in [-0.39, 0.29) is 5.91 Å². The lowest BCUT2D eigenvalue weighted by atomic mass is 9.73. The van der Waals surface area contributed by atoms with Crippen LogP contribution in [0.2, 0.25) is 0 Å². The van der Waals surface area contributed by atoms with Crippen LogP contribution in [0, 0.1) is 13.8 Å². The molecule has 4 nitrogen and oxygen atoms in total. The number of aryl methyl sites for hydroxylation is 2. The Morgan fingerprint density at radius 3 is 2.17 bits per heavy atom. The number of hydrogen-bond donors (Lipinski definition) is 0. The zero-order chi connectivity index (χ0) is 24.7. The molecule has 3 aromatic carbocycles. The van der Waals surface area contributed by atoms with Gasteiger partial charge in [0.05, 0.1) is 16.8 Å². The van der Waals surface area contributed by atoms with Gasteiger partial charge in [-0.3, -0.25) is 19.6 Å². The molecule has 1 saturated heterocycles. The van der Waals surface area contributed by atoms with Crippen LogP contribution in [-0.2, 0) is 16.8 Å². The molecule has 0 atom stereocenters. The zero-order valence-electron chi connectivity index (χ0n) is 20.9. The van der Waals surface area contributed by atoms with Crippen molar-refractivity contribution in [2.45, 2.75) is 38.6 Å². The number of aromatic nitrogens is 1. The number of benzene rings is 3. The van der Waals surface area contributed by atoms with Gasteiger partial charge in [0.15, 0.2) is 0 Å². The van der Waals surface area contributed by atoms with Gasteiger partial charge in [-0.25, -0.2) is 0 Å². The molecule has 4 heteroatoms. The number of amides is 1. The van der Waals surface area contributed by atoms with Crippen LogP contribution in [0.15, 0.2) is 91.1 Å².